The highest BCUT2D eigenvalue weighted by Gasteiger charge is 2.39. The first-order valence-electron chi connectivity index (χ1n) is 7.02. The zero-order chi connectivity index (χ0) is 18.8. The number of anilines is 1. The Morgan fingerprint density at radius 2 is 2.00 bits per heavy atom. The van der Waals surface area contributed by atoms with Crippen molar-refractivity contribution >= 4 is 29.2 Å². The predicted octanol–water partition coefficient (Wildman–Crippen LogP) is 3.52. The molecule has 0 bridgehead atoms. The first-order valence-corrected chi connectivity index (χ1v) is 7.40. The number of amides is 1. The molecule has 134 valence electrons. The molecule has 0 saturated heterocycles. The highest BCUT2D eigenvalue weighted by molar-refractivity contribution is 6.31. The van der Waals surface area contributed by atoms with Crippen molar-refractivity contribution in [1.29, 1.82) is 0 Å². The van der Waals surface area contributed by atoms with Gasteiger partial charge in [0.05, 0.1) is 23.4 Å². The molecule has 0 spiro atoms. The number of aryl methyl sites for hydroxylation is 1. The van der Waals surface area contributed by atoms with E-state index in [0.29, 0.717) is 0 Å². The second kappa shape index (κ2) is 7.14. The monoisotopic (exact) mass is 375 g/mol. The summed E-state index contributed by atoms with van der Waals surface area (Å²) in [5.74, 6) is -1.81. The van der Waals surface area contributed by atoms with Gasteiger partial charge in [0, 0.05) is 18.3 Å². The number of hydrogen-bond acceptors (Lipinski definition) is 4. The SMILES string of the molecule is CCOC(=O)c1ccc(Cl)cc1NC(=O)c1cn(C)nc1C(F)(F)F. The van der Waals surface area contributed by atoms with Gasteiger partial charge in [-0.1, -0.05) is 11.6 Å². The molecule has 1 aromatic carbocycles. The smallest absolute Gasteiger partial charge is 0.435 e. The summed E-state index contributed by atoms with van der Waals surface area (Å²) < 4.78 is 44.7. The summed E-state index contributed by atoms with van der Waals surface area (Å²) in [6.45, 7) is 1.69. The Labute approximate surface area is 145 Å². The van der Waals surface area contributed by atoms with Gasteiger partial charge in [-0.2, -0.15) is 18.3 Å². The van der Waals surface area contributed by atoms with Gasteiger partial charge in [-0.3, -0.25) is 9.48 Å². The van der Waals surface area contributed by atoms with Crippen molar-refractivity contribution in [2.45, 2.75) is 13.1 Å². The van der Waals surface area contributed by atoms with Crippen molar-refractivity contribution in [2.75, 3.05) is 11.9 Å². The molecule has 0 aliphatic carbocycles. The van der Waals surface area contributed by atoms with Crippen LogP contribution in [0.2, 0.25) is 5.02 Å². The summed E-state index contributed by atoms with van der Waals surface area (Å²) in [6, 6.07) is 3.95. The Bertz CT molecular complexity index is 818. The van der Waals surface area contributed by atoms with E-state index >= 15 is 0 Å². The van der Waals surface area contributed by atoms with Crippen molar-refractivity contribution in [3.63, 3.8) is 0 Å². The topological polar surface area (TPSA) is 73.2 Å². The Kier molecular flexibility index (Phi) is 5.36. The number of nitrogens with one attached hydrogen (secondary N) is 1. The lowest BCUT2D eigenvalue weighted by molar-refractivity contribution is -0.141. The summed E-state index contributed by atoms with van der Waals surface area (Å²) in [5.41, 5.74) is -2.10. The molecule has 25 heavy (non-hydrogen) atoms. The summed E-state index contributed by atoms with van der Waals surface area (Å²) in [7, 11) is 1.26. The van der Waals surface area contributed by atoms with Crippen LogP contribution in [0.5, 0.6) is 0 Å². The molecule has 2 aromatic rings. The van der Waals surface area contributed by atoms with Crippen LogP contribution in [0.15, 0.2) is 24.4 Å². The van der Waals surface area contributed by atoms with E-state index in [0.717, 1.165) is 10.9 Å². The number of esters is 1. The van der Waals surface area contributed by atoms with Crippen LogP contribution in [0.1, 0.15) is 33.3 Å². The maximum absolute atomic E-state index is 13.0. The van der Waals surface area contributed by atoms with E-state index in [4.69, 9.17) is 16.3 Å². The molecule has 10 heteroatoms. The molecular formula is C15H13ClF3N3O3. The van der Waals surface area contributed by atoms with Gasteiger partial charge in [0.15, 0.2) is 5.69 Å². The van der Waals surface area contributed by atoms with Gasteiger partial charge in [0.2, 0.25) is 0 Å². The third-order valence-corrected chi connectivity index (χ3v) is 3.30. The summed E-state index contributed by atoms with van der Waals surface area (Å²) in [4.78, 5) is 24.2. The van der Waals surface area contributed by atoms with Crippen LogP contribution in [0.3, 0.4) is 0 Å². The van der Waals surface area contributed by atoms with Gasteiger partial charge in [0.25, 0.3) is 5.91 Å². The Balaban J connectivity index is 2.39. The third kappa shape index (κ3) is 4.30. The van der Waals surface area contributed by atoms with Gasteiger partial charge in [-0.25, -0.2) is 4.79 Å². The van der Waals surface area contributed by atoms with E-state index in [1.165, 1.54) is 25.2 Å². The minimum Gasteiger partial charge on any atom is -0.462 e. The van der Waals surface area contributed by atoms with E-state index in [1.54, 1.807) is 6.92 Å². The lowest BCUT2D eigenvalue weighted by Crippen LogP contribution is -2.19. The molecule has 0 aliphatic heterocycles. The van der Waals surface area contributed by atoms with Crippen molar-refractivity contribution in [1.82, 2.24) is 9.78 Å². The fourth-order valence-corrected chi connectivity index (χ4v) is 2.23. The van der Waals surface area contributed by atoms with Gasteiger partial charge >= 0.3 is 12.1 Å². The van der Waals surface area contributed by atoms with Crippen LogP contribution in [-0.4, -0.2) is 28.3 Å². The van der Waals surface area contributed by atoms with Crippen molar-refractivity contribution < 1.29 is 27.5 Å². The third-order valence-electron chi connectivity index (χ3n) is 3.07. The number of benzene rings is 1. The number of rotatable bonds is 4. The van der Waals surface area contributed by atoms with E-state index in [9.17, 15) is 22.8 Å². The van der Waals surface area contributed by atoms with Crippen LogP contribution in [0, 0.1) is 0 Å². The first-order chi connectivity index (χ1) is 11.6. The van der Waals surface area contributed by atoms with Gasteiger partial charge in [0.1, 0.15) is 0 Å². The number of aromatic nitrogens is 2. The molecule has 0 aliphatic rings. The first kappa shape index (κ1) is 18.8. The molecule has 0 radical (unpaired) electrons. The normalized spacial score (nSPS) is 11.3. The van der Waals surface area contributed by atoms with Crippen LogP contribution < -0.4 is 5.32 Å². The van der Waals surface area contributed by atoms with E-state index in [2.05, 4.69) is 10.4 Å². The molecule has 1 aromatic heterocycles. The largest absolute Gasteiger partial charge is 0.462 e. The summed E-state index contributed by atoms with van der Waals surface area (Å²) in [6.07, 6.45) is -3.86. The Hall–Kier alpha value is -2.55. The number of hydrogen-bond donors (Lipinski definition) is 1. The van der Waals surface area contributed by atoms with Gasteiger partial charge in [-0.05, 0) is 25.1 Å². The fourth-order valence-electron chi connectivity index (χ4n) is 2.06. The van der Waals surface area contributed by atoms with Crippen LogP contribution in [-0.2, 0) is 18.0 Å². The number of halogens is 4. The fraction of sp³-hybridized carbons (Fsp3) is 0.267. The molecule has 6 nitrogen and oxygen atoms in total. The molecule has 2 rings (SSSR count). The molecular weight excluding hydrogens is 363 g/mol. The Morgan fingerprint density at radius 1 is 1.32 bits per heavy atom. The molecule has 1 amide bonds. The molecule has 1 heterocycles. The van der Waals surface area contributed by atoms with Crippen molar-refractivity contribution in [3.8, 4) is 0 Å². The maximum Gasteiger partial charge on any atom is 0.435 e. The number of carbonyl (C=O) groups excluding carboxylic acids is 2. The predicted molar refractivity (Wildman–Crippen MR) is 83.6 cm³/mol. The summed E-state index contributed by atoms with van der Waals surface area (Å²) in [5, 5.41) is 5.70. The quantitative estimate of drug-likeness (QED) is 0.830. The average Bonchev–Trinajstić information content (AvgIpc) is 2.90. The highest BCUT2D eigenvalue weighted by Crippen LogP contribution is 2.31. The number of nitrogens with zero attached hydrogens (tertiary/aromatic N) is 2. The van der Waals surface area contributed by atoms with Crippen LogP contribution in [0.4, 0.5) is 18.9 Å². The second-order valence-corrected chi connectivity index (χ2v) is 5.36. The molecule has 0 saturated carbocycles. The zero-order valence-corrected chi connectivity index (χ0v) is 13.9. The molecule has 1 N–H and O–H groups in total. The highest BCUT2D eigenvalue weighted by atomic mass is 35.5. The standard InChI is InChI=1S/C15H13ClF3N3O3/c1-3-25-14(24)9-5-4-8(16)6-11(9)20-13(23)10-7-22(2)21-12(10)15(17,18)19/h4-7H,3H2,1-2H3,(H,20,23). The average molecular weight is 376 g/mol. The van der Waals surface area contributed by atoms with Gasteiger partial charge < -0.3 is 10.1 Å². The number of alkyl halides is 3. The number of ether oxygens (including phenoxy) is 1. The van der Waals surface area contributed by atoms with E-state index in [1.807, 2.05) is 0 Å². The molecule has 0 unspecified atom stereocenters. The van der Waals surface area contributed by atoms with Gasteiger partial charge in [-0.15, -0.1) is 0 Å². The Morgan fingerprint density at radius 3 is 2.60 bits per heavy atom. The van der Waals surface area contributed by atoms with E-state index < -0.39 is 29.3 Å². The van der Waals surface area contributed by atoms with E-state index in [-0.39, 0.29) is 22.9 Å². The van der Waals surface area contributed by atoms with Crippen molar-refractivity contribution in [3.05, 3.63) is 46.2 Å². The number of carbonyl (C=O) groups is 2. The zero-order valence-electron chi connectivity index (χ0n) is 13.1. The van der Waals surface area contributed by atoms with Crippen molar-refractivity contribution in [2.24, 2.45) is 7.05 Å². The minimum absolute atomic E-state index is 0.0305. The van der Waals surface area contributed by atoms with Crippen LogP contribution >= 0.6 is 11.6 Å². The summed E-state index contributed by atoms with van der Waals surface area (Å²) >= 11 is 5.84. The minimum atomic E-state index is -4.80. The molecule has 0 fully saturated rings. The maximum atomic E-state index is 13.0. The second-order valence-electron chi connectivity index (χ2n) is 4.93. The lowest BCUT2D eigenvalue weighted by Gasteiger charge is -2.11. The lowest BCUT2D eigenvalue weighted by atomic mass is 10.1. The molecule has 0 atom stereocenters. The van der Waals surface area contributed by atoms with Crippen LogP contribution in [0.25, 0.3) is 0 Å².